The van der Waals surface area contributed by atoms with Crippen LogP contribution in [0.25, 0.3) is 10.2 Å². The Hall–Kier alpha value is -1.46. The van der Waals surface area contributed by atoms with Crippen molar-refractivity contribution in [1.82, 2.24) is 15.2 Å². The van der Waals surface area contributed by atoms with Crippen LogP contribution in [0.3, 0.4) is 0 Å². The van der Waals surface area contributed by atoms with Gasteiger partial charge in [-0.1, -0.05) is 12.1 Å². The zero-order valence-corrected chi connectivity index (χ0v) is 14.7. The van der Waals surface area contributed by atoms with E-state index in [2.05, 4.69) is 35.1 Å². The monoisotopic (exact) mass is 331 g/mol. The number of likely N-dealkylation sites (tertiary alicyclic amines) is 1. The lowest BCUT2D eigenvalue weighted by molar-refractivity contribution is -0.122. The summed E-state index contributed by atoms with van der Waals surface area (Å²) in [4.78, 5) is 19.2. The number of aryl methyl sites for hydroxylation is 1. The lowest BCUT2D eigenvalue weighted by atomic mass is 10.0. The van der Waals surface area contributed by atoms with Gasteiger partial charge in [0.2, 0.25) is 5.91 Å². The summed E-state index contributed by atoms with van der Waals surface area (Å²) >= 11 is 1.69. The number of aromatic nitrogens is 1. The number of benzene rings is 1. The summed E-state index contributed by atoms with van der Waals surface area (Å²) in [5, 5.41) is 4.25. The molecule has 0 atom stereocenters. The van der Waals surface area contributed by atoms with Crippen LogP contribution in [0, 0.1) is 0 Å². The van der Waals surface area contributed by atoms with Crippen LogP contribution in [0.2, 0.25) is 0 Å². The second-order valence-corrected chi connectivity index (χ2v) is 7.66. The minimum Gasteiger partial charge on any atom is -0.353 e. The number of amides is 1. The molecule has 1 aromatic carbocycles. The molecule has 1 aliphatic rings. The van der Waals surface area contributed by atoms with Crippen molar-refractivity contribution < 1.29 is 4.79 Å². The Morgan fingerprint density at radius 2 is 2.09 bits per heavy atom. The lowest BCUT2D eigenvalue weighted by Gasteiger charge is -2.34. The molecule has 1 aromatic heterocycles. The average Bonchev–Trinajstić information content (AvgIpc) is 2.96. The van der Waals surface area contributed by atoms with Crippen molar-refractivity contribution in [2.24, 2.45) is 0 Å². The smallest absolute Gasteiger partial charge is 0.220 e. The molecular weight excluding hydrogens is 306 g/mol. The maximum absolute atomic E-state index is 12.2. The van der Waals surface area contributed by atoms with E-state index in [1.54, 1.807) is 11.3 Å². The molecule has 0 aliphatic carbocycles. The third-order valence-electron chi connectivity index (χ3n) is 4.53. The first kappa shape index (κ1) is 16.4. The van der Waals surface area contributed by atoms with Gasteiger partial charge in [-0.25, -0.2) is 4.98 Å². The molecule has 124 valence electrons. The summed E-state index contributed by atoms with van der Waals surface area (Å²) in [5.41, 5.74) is 1.04. The third-order valence-corrected chi connectivity index (χ3v) is 5.63. The maximum Gasteiger partial charge on any atom is 0.220 e. The summed E-state index contributed by atoms with van der Waals surface area (Å²) in [6.07, 6.45) is 3.39. The molecule has 1 N–H and O–H groups in total. The zero-order chi connectivity index (χ0) is 16.2. The summed E-state index contributed by atoms with van der Waals surface area (Å²) < 4.78 is 1.20. The topological polar surface area (TPSA) is 45.2 Å². The van der Waals surface area contributed by atoms with Gasteiger partial charge in [-0.05, 0) is 38.8 Å². The molecule has 0 spiro atoms. The number of carbonyl (C=O) groups excluding carboxylic acids is 1. The average molecular weight is 331 g/mol. The van der Waals surface area contributed by atoms with E-state index in [0.29, 0.717) is 18.5 Å². The molecule has 2 aromatic rings. The zero-order valence-electron chi connectivity index (χ0n) is 13.9. The molecule has 1 fully saturated rings. The summed E-state index contributed by atoms with van der Waals surface area (Å²) in [5.74, 6) is 0.159. The van der Waals surface area contributed by atoms with Gasteiger partial charge < -0.3 is 10.2 Å². The van der Waals surface area contributed by atoms with Crippen LogP contribution in [-0.4, -0.2) is 41.0 Å². The first-order valence-electron chi connectivity index (χ1n) is 8.49. The highest BCUT2D eigenvalue weighted by Gasteiger charge is 2.21. The Kier molecular flexibility index (Phi) is 5.28. The highest BCUT2D eigenvalue weighted by atomic mass is 32.1. The molecule has 4 nitrogen and oxygen atoms in total. The van der Waals surface area contributed by atoms with Gasteiger partial charge in [-0.3, -0.25) is 4.79 Å². The van der Waals surface area contributed by atoms with E-state index < -0.39 is 0 Å². The fourth-order valence-corrected chi connectivity index (χ4v) is 4.07. The first-order chi connectivity index (χ1) is 11.1. The molecule has 5 heteroatoms. The van der Waals surface area contributed by atoms with Crippen LogP contribution in [-0.2, 0) is 11.2 Å². The molecule has 23 heavy (non-hydrogen) atoms. The Labute approximate surface area is 141 Å². The van der Waals surface area contributed by atoms with Crippen LogP contribution >= 0.6 is 11.3 Å². The highest BCUT2D eigenvalue weighted by Crippen LogP contribution is 2.22. The molecule has 0 radical (unpaired) electrons. The Morgan fingerprint density at radius 3 is 2.78 bits per heavy atom. The predicted octanol–water partition coefficient (Wildman–Crippen LogP) is 3.22. The second kappa shape index (κ2) is 7.41. The van der Waals surface area contributed by atoms with Crippen LogP contribution in [0.1, 0.15) is 38.1 Å². The van der Waals surface area contributed by atoms with Gasteiger partial charge in [0.25, 0.3) is 0 Å². The van der Waals surface area contributed by atoms with Crippen molar-refractivity contribution in [2.75, 3.05) is 13.1 Å². The number of fused-ring (bicyclic) bond motifs is 1. The second-order valence-electron chi connectivity index (χ2n) is 6.55. The molecule has 1 saturated heterocycles. The SMILES string of the molecule is CC(C)N1CCC(NC(=O)CCc2nc3ccccc3s2)CC1. The Bertz CT molecular complexity index is 626. The van der Waals surface area contributed by atoms with Gasteiger partial charge in [0.05, 0.1) is 15.2 Å². The minimum absolute atomic E-state index is 0.159. The first-order valence-corrected chi connectivity index (χ1v) is 9.31. The molecule has 0 saturated carbocycles. The van der Waals surface area contributed by atoms with Crippen molar-refractivity contribution in [3.8, 4) is 0 Å². The Balaban J connectivity index is 1.45. The molecular formula is C18H25N3OS. The minimum atomic E-state index is 0.159. The largest absolute Gasteiger partial charge is 0.353 e. The number of nitrogens with zero attached hydrogens (tertiary/aromatic N) is 2. The summed E-state index contributed by atoms with van der Waals surface area (Å²) in [7, 11) is 0. The van der Waals surface area contributed by atoms with E-state index in [1.807, 2.05) is 18.2 Å². The number of thiazole rings is 1. The van der Waals surface area contributed by atoms with Crippen LogP contribution in [0.15, 0.2) is 24.3 Å². The maximum atomic E-state index is 12.2. The van der Waals surface area contributed by atoms with E-state index in [-0.39, 0.29) is 5.91 Å². The Morgan fingerprint density at radius 1 is 1.35 bits per heavy atom. The molecule has 0 bridgehead atoms. The predicted molar refractivity (Wildman–Crippen MR) is 95.8 cm³/mol. The van der Waals surface area contributed by atoms with Gasteiger partial charge in [-0.15, -0.1) is 11.3 Å². The summed E-state index contributed by atoms with van der Waals surface area (Å²) in [6.45, 7) is 6.63. The van der Waals surface area contributed by atoms with E-state index in [4.69, 9.17) is 0 Å². The molecule has 0 unspecified atom stereocenters. The van der Waals surface area contributed by atoms with E-state index in [0.717, 1.165) is 42.9 Å². The van der Waals surface area contributed by atoms with Crippen molar-refractivity contribution in [1.29, 1.82) is 0 Å². The van der Waals surface area contributed by atoms with Crippen molar-refractivity contribution in [2.45, 2.75) is 51.6 Å². The highest BCUT2D eigenvalue weighted by molar-refractivity contribution is 7.18. The van der Waals surface area contributed by atoms with Crippen LogP contribution in [0.5, 0.6) is 0 Å². The number of hydrogen-bond donors (Lipinski definition) is 1. The van der Waals surface area contributed by atoms with Crippen molar-refractivity contribution >= 4 is 27.5 Å². The number of para-hydroxylation sites is 1. The van der Waals surface area contributed by atoms with Crippen molar-refractivity contribution in [3.63, 3.8) is 0 Å². The van der Waals surface area contributed by atoms with Crippen LogP contribution < -0.4 is 5.32 Å². The van der Waals surface area contributed by atoms with E-state index in [9.17, 15) is 4.79 Å². The van der Waals surface area contributed by atoms with Crippen molar-refractivity contribution in [3.05, 3.63) is 29.3 Å². The number of carbonyl (C=O) groups is 1. The fourth-order valence-electron chi connectivity index (χ4n) is 3.11. The number of piperidine rings is 1. The van der Waals surface area contributed by atoms with Gasteiger partial charge in [0, 0.05) is 38.0 Å². The number of rotatable bonds is 5. The third kappa shape index (κ3) is 4.30. The van der Waals surface area contributed by atoms with Gasteiger partial charge in [0.15, 0.2) is 0 Å². The number of nitrogens with one attached hydrogen (secondary N) is 1. The lowest BCUT2D eigenvalue weighted by Crippen LogP contribution is -2.46. The normalized spacial score (nSPS) is 17.0. The van der Waals surface area contributed by atoms with Gasteiger partial charge >= 0.3 is 0 Å². The van der Waals surface area contributed by atoms with Gasteiger partial charge in [-0.2, -0.15) is 0 Å². The molecule has 3 rings (SSSR count). The standard InChI is InChI=1S/C18H25N3OS/c1-13(2)21-11-9-14(10-12-21)19-17(22)7-8-18-20-15-5-3-4-6-16(15)23-18/h3-6,13-14H,7-12H2,1-2H3,(H,19,22). The quantitative estimate of drug-likeness (QED) is 0.915. The van der Waals surface area contributed by atoms with E-state index in [1.165, 1.54) is 4.70 Å². The molecule has 1 aliphatic heterocycles. The summed E-state index contributed by atoms with van der Waals surface area (Å²) in [6, 6.07) is 9.08. The fraction of sp³-hybridized carbons (Fsp3) is 0.556. The molecule has 1 amide bonds. The molecule has 2 heterocycles. The van der Waals surface area contributed by atoms with E-state index >= 15 is 0 Å². The van der Waals surface area contributed by atoms with Crippen LogP contribution in [0.4, 0.5) is 0 Å². The number of hydrogen-bond acceptors (Lipinski definition) is 4. The van der Waals surface area contributed by atoms with Gasteiger partial charge in [0.1, 0.15) is 0 Å².